The van der Waals surface area contributed by atoms with E-state index in [1.807, 2.05) is 0 Å². The van der Waals surface area contributed by atoms with Crippen LogP contribution in [0.25, 0.3) is 0 Å². The maximum atomic E-state index is 11.4. The van der Waals surface area contributed by atoms with E-state index in [0.717, 1.165) is 44.9 Å². The molecule has 4 nitrogen and oxygen atoms in total. The van der Waals surface area contributed by atoms with Gasteiger partial charge in [0, 0.05) is 5.25 Å². The second-order valence-electron chi connectivity index (χ2n) is 7.11. The minimum atomic E-state index is -4.25. The average Bonchev–Trinajstić information content (AvgIpc) is 2.52. The monoisotopic (exact) mass is 386 g/mol. The first-order valence-electron chi connectivity index (χ1n) is 10.0. The molecule has 146 valence electrons. The Balaban J connectivity index is 0. The van der Waals surface area contributed by atoms with Gasteiger partial charge in [-0.2, -0.15) is 0 Å². The fourth-order valence-corrected chi connectivity index (χ4v) is 3.97. The molecular formula is C19H39NaO4S. The van der Waals surface area contributed by atoms with Crippen LogP contribution in [0.5, 0.6) is 0 Å². The zero-order valence-electron chi connectivity index (χ0n) is 16.8. The molecule has 0 aromatic heterocycles. The van der Waals surface area contributed by atoms with Gasteiger partial charge in [0.05, 0.1) is 16.2 Å². The van der Waals surface area contributed by atoms with Crippen LogP contribution in [0.1, 0.15) is 110 Å². The van der Waals surface area contributed by atoms with Crippen molar-refractivity contribution in [3.8, 4) is 0 Å². The number of hydrogen-bond donors (Lipinski definition) is 1. The molecule has 0 aromatic carbocycles. The third kappa shape index (κ3) is 18.0. The van der Waals surface area contributed by atoms with Crippen molar-refractivity contribution < 1.29 is 47.6 Å². The van der Waals surface area contributed by atoms with Crippen molar-refractivity contribution in [2.45, 2.75) is 122 Å². The van der Waals surface area contributed by atoms with Crippen molar-refractivity contribution in [1.29, 1.82) is 0 Å². The summed E-state index contributed by atoms with van der Waals surface area (Å²) in [6.07, 6.45) is 13.7. The summed E-state index contributed by atoms with van der Waals surface area (Å²) in [5.74, 6) is 0. The van der Waals surface area contributed by atoms with Gasteiger partial charge >= 0.3 is 29.6 Å². The maximum Gasteiger partial charge on any atom is 1.00 e. The van der Waals surface area contributed by atoms with Gasteiger partial charge in [0.25, 0.3) is 0 Å². The van der Waals surface area contributed by atoms with Crippen LogP contribution in [-0.4, -0.2) is 29.4 Å². The second kappa shape index (κ2) is 18.2. The quantitative estimate of drug-likeness (QED) is 0.236. The first kappa shape index (κ1) is 28.1. The minimum absolute atomic E-state index is 0. The second-order valence-corrected chi connectivity index (χ2v) is 8.76. The van der Waals surface area contributed by atoms with Gasteiger partial charge in [0.15, 0.2) is 0 Å². The molecule has 0 bridgehead atoms. The predicted molar refractivity (Wildman–Crippen MR) is 100 cm³/mol. The molecule has 0 saturated carbocycles. The van der Waals surface area contributed by atoms with Crippen molar-refractivity contribution in [3.63, 3.8) is 0 Å². The van der Waals surface area contributed by atoms with E-state index in [1.165, 1.54) is 25.7 Å². The summed E-state index contributed by atoms with van der Waals surface area (Å²) in [5, 5.41) is 9.19. The molecule has 0 spiro atoms. The van der Waals surface area contributed by atoms with E-state index in [2.05, 4.69) is 13.8 Å². The van der Waals surface area contributed by atoms with Crippen LogP contribution >= 0.6 is 0 Å². The molecule has 1 N–H and O–H groups in total. The van der Waals surface area contributed by atoms with Gasteiger partial charge in [0.2, 0.25) is 0 Å². The molecule has 2 atom stereocenters. The summed E-state index contributed by atoms with van der Waals surface area (Å²) < 4.78 is 34.2. The number of hydrogen-bond acceptors (Lipinski definition) is 4. The van der Waals surface area contributed by atoms with E-state index in [-0.39, 0.29) is 29.6 Å². The molecule has 0 heterocycles. The summed E-state index contributed by atoms with van der Waals surface area (Å²) in [4.78, 5) is 0. The van der Waals surface area contributed by atoms with Gasteiger partial charge in [-0.3, -0.25) is 0 Å². The normalized spacial score (nSPS) is 14.1. The van der Waals surface area contributed by atoms with Crippen molar-refractivity contribution in [2.75, 3.05) is 0 Å². The Bertz CT molecular complexity index is 374. The Labute approximate surface area is 178 Å². The smallest absolute Gasteiger partial charge is 0.748 e. The molecular weight excluding hydrogens is 347 g/mol. The number of unbranched alkanes of at least 4 members (excludes halogenated alkanes) is 9. The predicted octanol–water partition coefficient (Wildman–Crippen LogP) is 2.16. The Morgan fingerprint density at radius 1 is 0.720 bits per heavy atom. The number of aliphatic hydroxyl groups excluding tert-OH is 1. The summed E-state index contributed by atoms with van der Waals surface area (Å²) in [6.45, 7) is 4.32. The van der Waals surface area contributed by atoms with E-state index in [9.17, 15) is 18.1 Å². The summed E-state index contributed by atoms with van der Waals surface area (Å²) in [7, 11) is -4.25. The standard InChI is InChI=1S/C19H40O4S.Na/c1-3-5-7-9-11-12-14-18(20)16-17-19(24(21,22)23)15-13-10-8-6-4-2;/h18-20H,3-17H2,1-2H3,(H,21,22,23);/q;+1/p-1. The summed E-state index contributed by atoms with van der Waals surface area (Å²) >= 11 is 0. The Morgan fingerprint density at radius 3 is 1.64 bits per heavy atom. The zero-order chi connectivity index (χ0) is 18.3. The van der Waals surface area contributed by atoms with Crippen molar-refractivity contribution in [2.24, 2.45) is 0 Å². The molecule has 0 aliphatic carbocycles. The fourth-order valence-electron chi connectivity index (χ4n) is 3.09. The summed E-state index contributed by atoms with van der Waals surface area (Å²) in [5.41, 5.74) is 0. The zero-order valence-corrected chi connectivity index (χ0v) is 19.7. The van der Waals surface area contributed by atoms with Crippen molar-refractivity contribution >= 4 is 10.1 Å². The topological polar surface area (TPSA) is 77.4 Å². The van der Waals surface area contributed by atoms with Crippen LogP contribution in [0.4, 0.5) is 0 Å². The molecule has 0 fully saturated rings. The first-order valence-corrected chi connectivity index (χ1v) is 11.5. The number of aliphatic hydroxyl groups is 1. The minimum Gasteiger partial charge on any atom is -0.748 e. The van der Waals surface area contributed by atoms with Crippen LogP contribution in [0.3, 0.4) is 0 Å². The van der Waals surface area contributed by atoms with E-state index < -0.39 is 21.5 Å². The van der Waals surface area contributed by atoms with Gasteiger partial charge in [-0.1, -0.05) is 84.5 Å². The molecule has 25 heavy (non-hydrogen) atoms. The van der Waals surface area contributed by atoms with E-state index in [0.29, 0.717) is 25.7 Å². The van der Waals surface area contributed by atoms with Gasteiger partial charge < -0.3 is 9.66 Å². The van der Waals surface area contributed by atoms with Gasteiger partial charge in [-0.15, -0.1) is 0 Å². The molecule has 0 aromatic rings. The third-order valence-electron chi connectivity index (χ3n) is 4.75. The average molecular weight is 387 g/mol. The van der Waals surface area contributed by atoms with Crippen LogP contribution in [0.2, 0.25) is 0 Å². The molecule has 0 aliphatic rings. The molecule has 0 amide bonds. The molecule has 0 rings (SSSR count). The Kier molecular flexibility index (Phi) is 20.5. The summed E-state index contributed by atoms with van der Waals surface area (Å²) in [6, 6.07) is 0. The van der Waals surface area contributed by atoms with E-state index >= 15 is 0 Å². The molecule has 0 aliphatic heterocycles. The van der Waals surface area contributed by atoms with Crippen molar-refractivity contribution in [1.82, 2.24) is 0 Å². The van der Waals surface area contributed by atoms with E-state index in [4.69, 9.17) is 0 Å². The fraction of sp³-hybridized carbons (Fsp3) is 1.00. The number of rotatable bonds is 17. The van der Waals surface area contributed by atoms with Crippen LogP contribution in [0.15, 0.2) is 0 Å². The van der Waals surface area contributed by atoms with Gasteiger partial charge in [-0.05, 0) is 25.7 Å². The van der Waals surface area contributed by atoms with Crippen LogP contribution in [-0.2, 0) is 10.1 Å². The first-order chi connectivity index (χ1) is 11.4. The Morgan fingerprint density at radius 2 is 1.16 bits per heavy atom. The van der Waals surface area contributed by atoms with Crippen LogP contribution < -0.4 is 29.6 Å². The molecule has 0 saturated heterocycles. The van der Waals surface area contributed by atoms with E-state index in [1.54, 1.807) is 0 Å². The largest absolute Gasteiger partial charge is 1.00 e. The molecule has 6 heteroatoms. The molecule has 2 unspecified atom stereocenters. The van der Waals surface area contributed by atoms with Crippen molar-refractivity contribution in [3.05, 3.63) is 0 Å². The third-order valence-corrected chi connectivity index (χ3v) is 6.04. The SMILES string of the molecule is CCCCCCCCC(O)CCC(CCCCCCC)S(=O)(=O)[O-].[Na+]. The van der Waals surface area contributed by atoms with Gasteiger partial charge in [0.1, 0.15) is 0 Å². The molecule has 0 radical (unpaired) electrons. The van der Waals surface area contributed by atoms with Gasteiger partial charge in [-0.25, -0.2) is 8.42 Å². The Hall–Kier alpha value is 0.870. The van der Waals surface area contributed by atoms with Crippen LogP contribution in [0, 0.1) is 0 Å². The maximum absolute atomic E-state index is 11.4.